The Morgan fingerprint density at radius 1 is 0.574 bits per heavy atom. The van der Waals surface area contributed by atoms with Crippen molar-refractivity contribution in [1.29, 1.82) is 0 Å². The Kier molecular flexibility index (Phi) is 8.98. The van der Waals surface area contributed by atoms with E-state index in [0.29, 0.717) is 52.1 Å². The van der Waals surface area contributed by atoms with Gasteiger partial charge in [0.15, 0.2) is 0 Å². The zero-order valence-electron chi connectivity index (χ0n) is 24.9. The maximum Gasteiger partial charge on any atom is 2.00 e. The number of hydrogen-bond donors (Lipinski definition) is 0. The van der Waals surface area contributed by atoms with Crippen molar-refractivity contribution >= 4 is 54.3 Å². The molecule has 2 atom stereocenters. The number of rotatable bonds is 0. The largest absolute Gasteiger partial charge is 2.00 e. The second kappa shape index (κ2) is 12.9. The van der Waals surface area contributed by atoms with E-state index in [1.807, 2.05) is 84.9 Å². The molecule has 1 aliphatic carbocycles. The van der Waals surface area contributed by atoms with E-state index in [0.717, 1.165) is 32.7 Å². The summed E-state index contributed by atoms with van der Waals surface area (Å²) in [5, 5.41) is 3.65. The Bertz CT molecular complexity index is 2370. The SMILES string of the molecule is C1=CC2c3nc(nc4[n-]c(nc5nc(nc6[n-]c(n3)c3ccccc63)-c3ccccc3-5)c3ccccc43)C2C=C1.CS(=O)(=O)[O-].[Cu+2].[Na+]. The molecule has 0 N–H and O–H groups in total. The molecule has 8 bridgehead atoms. The Morgan fingerprint density at radius 3 is 1.30 bits per heavy atom. The smallest absolute Gasteiger partial charge is 0.748 e. The third-order valence-electron chi connectivity index (χ3n) is 7.69. The van der Waals surface area contributed by atoms with E-state index in [2.05, 4.69) is 12.2 Å². The molecule has 0 fully saturated rings. The summed E-state index contributed by atoms with van der Waals surface area (Å²) in [6.45, 7) is 0. The first-order valence-electron chi connectivity index (χ1n) is 14.0. The Hall–Kier alpha value is -4.07. The summed E-state index contributed by atoms with van der Waals surface area (Å²) in [4.78, 5) is 39.5. The first-order chi connectivity index (χ1) is 21.8. The van der Waals surface area contributed by atoms with Crippen LogP contribution in [-0.2, 0) is 27.2 Å². The van der Waals surface area contributed by atoms with Crippen LogP contribution in [0.25, 0.3) is 66.9 Å². The fourth-order valence-electron chi connectivity index (χ4n) is 5.78. The van der Waals surface area contributed by atoms with E-state index in [9.17, 15) is 0 Å². The van der Waals surface area contributed by atoms with Gasteiger partial charge in [-0.05, 0) is 21.5 Å². The number of benzene rings is 3. The molecule has 0 saturated heterocycles. The van der Waals surface area contributed by atoms with Crippen molar-refractivity contribution in [3.63, 3.8) is 0 Å². The van der Waals surface area contributed by atoms with Gasteiger partial charge in [-0.3, -0.25) is 4.98 Å². The van der Waals surface area contributed by atoms with Gasteiger partial charge in [0.05, 0.1) is 33.4 Å². The maximum absolute atomic E-state index is 9.08. The normalized spacial score (nSPS) is 16.0. The van der Waals surface area contributed by atoms with Gasteiger partial charge in [0.2, 0.25) is 0 Å². The first-order valence-corrected chi connectivity index (χ1v) is 15.9. The van der Waals surface area contributed by atoms with E-state index in [-0.39, 0.29) is 58.5 Å². The fourth-order valence-corrected chi connectivity index (χ4v) is 5.78. The maximum atomic E-state index is 9.08. The fraction of sp³-hybridized carbons (Fsp3) is 0.0909. The summed E-state index contributed by atoms with van der Waals surface area (Å²) in [6, 6.07) is 24.0. The Labute approximate surface area is 301 Å². The quantitative estimate of drug-likeness (QED) is 0.168. The Morgan fingerprint density at radius 2 is 0.915 bits per heavy atom. The third kappa shape index (κ3) is 6.19. The van der Waals surface area contributed by atoms with E-state index in [1.54, 1.807) is 0 Å². The summed E-state index contributed by atoms with van der Waals surface area (Å²) in [5.41, 5.74) is 4.11. The molecule has 3 aliphatic rings. The predicted octanol–water partition coefficient (Wildman–Crippen LogP) is 1.95. The van der Waals surface area contributed by atoms with Crippen LogP contribution in [0.1, 0.15) is 23.5 Å². The molecule has 47 heavy (non-hydrogen) atoms. The molecular formula is C33H21CuN8NaO3S. The van der Waals surface area contributed by atoms with Crippen molar-refractivity contribution in [2.45, 2.75) is 11.8 Å². The summed E-state index contributed by atoms with van der Waals surface area (Å²) in [5.74, 6) is 2.39. The molecule has 3 aromatic heterocycles. The van der Waals surface area contributed by atoms with E-state index >= 15 is 0 Å². The number of fused-ring (bicyclic) bond motifs is 20. The van der Waals surface area contributed by atoms with Crippen LogP contribution in [0.3, 0.4) is 0 Å². The van der Waals surface area contributed by atoms with Crippen molar-refractivity contribution in [2.75, 3.05) is 6.26 Å². The molecule has 5 heterocycles. The van der Waals surface area contributed by atoms with Crippen LogP contribution in [0.2, 0.25) is 0 Å². The molecule has 0 saturated carbocycles. The second-order valence-electron chi connectivity index (χ2n) is 10.7. The standard InChI is InChI=1S/C32H18N8.CH4O3S.Cu.Na/c1-2-10-18-17(9-1)25-33-26(18)38-28-21-13-5-6-14-22(21)30(35-28)40-32-24-16-8-7-15-23(24)31(36-32)39-29-20-12-4-3-11-19(20)27(34-29)37-25;1-5(2,3)4;;/h1-18H;1H3,(H,2,3,4);;/q-2;;+2;+1/p-1. The molecule has 2 aliphatic heterocycles. The van der Waals surface area contributed by atoms with E-state index in [1.165, 1.54) is 0 Å². The average molecular weight is 696 g/mol. The predicted molar refractivity (Wildman–Crippen MR) is 169 cm³/mol. The minimum absolute atomic E-state index is 0. The van der Waals surface area contributed by atoms with Crippen LogP contribution >= 0.6 is 0 Å². The summed E-state index contributed by atoms with van der Waals surface area (Å²) < 4.78 is 27.2. The molecule has 6 aromatic rings. The van der Waals surface area contributed by atoms with Gasteiger partial charge in [-0.2, -0.15) is 0 Å². The molecule has 0 spiro atoms. The summed E-state index contributed by atoms with van der Waals surface area (Å²) >= 11 is 0. The molecule has 1 radical (unpaired) electrons. The van der Waals surface area contributed by atoms with Crippen LogP contribution in [-0.4, -0.2) is 49.1 Å². The number of aromatic nitrogens is 8. The number of allylic oxidation sites excluding steroid dienone is 4. The second-order valence-corrected chi connectivity index (χ2v) is 12.1. The minimum Gasteiger partial charge on any atom is -0.748 e. The topological polar surface area (TPSA) is 163 Å². The molecule has 14 heteroatoms. The molecular weight excluding hydrogens is 675 g/mol. The van der Waals surface area contributed by atoms with Gasteiger partial charge >= 0.3 is 46.6 Å². The van der Waals surface area contributed by atoms with Gasteiger partial charge in [0.25, 0.3) is 0 Å². The van der Waals surface area contributed by atoms with Gasteiger partial charge in [0, 0.05) is 51.8 Å². The van der Waals surface area contributed by atoms with Crippen LogP contribution in [0.15, 0.2) is 97.1 Å². The molecule has 0 amide bonds. The number of nitrogens with zero attached hydrogens (tertiary/aromatic N) is 8. The van der Waals surface area contributed by atoms with Crippen LogP contribution < -0.4 is 39.5 Å². The van der Waals surface area contributed by atoms with Crippen molar-refractivity contribution < 1.29 is 59.6 Å². The minimum atomic E-state index is -3.92. The van der Waals surface area contributed by atoms with Crippen molar-refractivity contribution in [2.24, 2.45) is 0 Å². The summed E-state index contributed by atoms with van der Waals surface area (Å²) in [6.07, 6.45) is 8.92. The van der Waals surface area contributed by atoms with Crippen LogP contribution in [0.4, 0.5) is 0 Å². The molecule has 229 valence electrons. The van der Waals surface area contributed by atoms with Gasteiger partial charge in [-0.25, -0.2) is 13.4 Å². The van der Waals surface area contributed by atoms with Gasteiger partial charge < -0.3 is 34.5 Å². The van der Waals surface area contributed by atoms with E-state index in [4.69, 9.17) is 52.8 Å². The van der Waals surface area contributed by atoms with Gasteiger partial charge in [-0.15, -0.1) is 0 Å². The van der Waals surface area contributed by atoms with Gasteiger partial charge in [-0.1, -0.05) is 97.1 Å². The van der Waals surface area contributed by atoms with Crippen molar-refractivity contribution in [3.8, 4) is 22.8 Å². The first kappa shape index (κ1) is 32.9. The monoisotopic (exact) mass is 695 g/mol. The molecule has 2 unspecified atom stereocenters. The van der Waals surface area contributed by atoms with E-state index < -0.39 is 10.1 Å². The Balaban J connectivity index is 0.000000516. The van der Waals surface area contributed by atoms with Gasteiger partial charge in [0.1, 0.15) is 0 Å². The van der Waals surface area contributed by atoms with Crippen molar-refractivity contribution in [3.05, 3.63) is 109 Å². The van der Waals surface area contributed by atoms with Crippen LogP contribution in [0, 0.1) is 0 Å². The summed E-state index contributed by atoms with van der Waals surface area (Å²) in [7, 11) is -3.92. The van der Waals surface area contributed by atoms with Crippen molar-refractivity contribution in [1.82, 2.24) is 39.9 Å². The van der Waals surface area contributed by atoms with Crippen LogP contribution in [0.5, 0.6) is 0 Å². The number of hydrogen-bond acceptors (Lipinski definition) is 9. The molecule has 11 nitrogen and oxygen atoms in total. The molecule has 9 rings (SSSR count). The third-order valence-corrected chi connectivity index (χ3v) is 7.69. The zero-order valence-corrected chi connectivity index (χ0v) is 28.7. The molecule has 3 aromatic carbocycles. The zero-order chi connectivity index (χ0) is 30.7. The average Bonchev–Trinajstić information content (AvgIpc) is 3.76.